The van der Waals surface area contributed by atoms with Crippen LogP contribution in [0.3, 0.4) is 0 Å². The standard InChI is InChI=1S/C16H14F6O6/c17-15(18,19)13(23)9-8(25-6-7-4-2-1-3-5-7)10-14(24,16(20,21)22)11(13)28-12(26-9)27-10/h1-5,8-12,23-24H,6H2/t8?,9-,10+,11?,12?,13+,14-. The van der Waals surface area contributed by atoms with Crippen molar-refractivity contribution >= 4 is 0 Å². The van der Waals surface area contributed by atoms with Crippen molar-refractivity contribution in [3.8, 4) is 0 Å². The summed E-state index contributed by atoms with van der Waals surface area (Å²) in [4.78, 5) is 0. The Morgan fingerprint density at radius 2 is 1.36 bits per heavy atom. The Bertz CT molecular complexity index is 703. The SMILES string of the molecule is O[C@]1(C(F)(F)F)C2OC3O[C@@H]1C(OCc1ccccc1)[C@H](O3)[C@]2(O)C(F)(F)F. The van der Waals surface area contributed by atoms with Crippen LogP contribution in [0.1, 0.15) is 5.56 Å². The Kier molecular flexibility index (Phi) is 4.28. The summed E-state index contributed by atoms with van der Waals surface area (Å²) in [5.74, 6) is 0. The van der Waals surface area contributed by atoms with Crippen molar-refractivity contribution in [1.82, 2.24) is 0 Å². The highest BCUT2D eigenvalue weighted by molar-refractivity contribution is 5.25. The molecule has 1 aromatic rings. The number of benzene rings is 1. The molecule has 1 aliphatic carbocycles. The minimum atomic E-state index is -5.62. The van der Waals surface area contributed by atoms with E-state index in [4.69, 9.17) is 14.2 Å². The Morgan fingerprint density at radius 3 is 1.82 bits per heavy atom. The minimum absolute atomic E-state index is 0.400. The molecule has 156 valence electrons. The molecule has 1 aromatic carbocycles. The third-order valence-corrected chi connectivity index (χ3v) is 5.22. The number of halogens is 6. The summed E-state index contributed by atoms with van der Waals surface area (Å²) >= 11 is 0. The second-order valence-corrected chi connectivity index (χ2v) is 6.83. The molecule has 0 radical (unpaired) electrons. The predicted octanol–water partition coefficient (Wildman–Crippen LogP) is 1.64. The summed E-state index contributed by atoms with van der Waals surface area (Å²) in [6.45, 7) is -2.30. The van der Waals surface area contributed by atoms with E-state index in [1.165, 1.54) is 12.1 Å². The monoisotopic (exact) mass is 416 g/mol. The van der Waals surface area contributed by atoms with Crippen LogP contribution in [0.5, 0.6) is 0 Å². The van der Waals surface area contributed by atoms with Crippen molar-refractivity contribution in [3.63, 3.8) is 0 Å². The van der Waals surface area contributed by atoms with Crippen molar-refractivity contribution in [2.75, 3.05) is 0 Å². The van der Waals surface area contributed by atoms with Crippen LogP contribution in [-0.2, 0) is 25.6 Å². The quantitative estimate of drug-likeness (QED) is 0.730. The van der Waals surface area contributed by atoms with Crippen molar-refractivity contribution < 1.29 is 55.5 Å². The van der Waals surface area contributed by atoms with Gasteiger partial charge in [-0.05, 0) is 5.56 Å². The van der Waals surface area contributed by atoms with E-state index in [1.54, 1.807) is 18.2 Å². The third-order valence-electron chi connectivity index (χ3n) is 5.22. The first-order chi connectivity index (χ1) is 12.9. The fourth-order valence-electron chi connectivity index (χ4n) is 3.87. The largest absolute Gasteiger partial charge is 0.422 e. The maximum absolute atomic E-state index is 13.7. The van der Waals surface area contributed by atoms with Crippen LogP contribution in [-0.4, -0.2) is 64.7 Å². The number of hydrogen-bond acceptors (Lipinski definition) is 6. The topological polar surface area (TPSA) is 77.4 Å². The Balaban J connectivity index is 1.76. The van der Waals surface area contributed by atoms with Gasteiger partial charge in [0.15, 0.2) is 0 Å². The maximum Gasteiger partial charge on any atom is 0.422 e. The van der Waals surface area contributed by atoms with E-state index in [2.05, 4.69) is 4.74 Å². The van der Waals surface area contributed by atoms with Gasteiger partial charge in [0.2, 0.25) is 11.2 Å². The summed E-state index contributed by atoms with van der Waals surface area (Å²) in [6, 6.07) is 7.91. The molecule has 4 bridgehead atoms. The molecule has 3 saturated heterocycles. The third kappa shape index (κ3) is 2.52. The summed E-state index contributed by atoms with van der Waals surface area (Å²) in [5.41, 5.74) is -7.90. The molecule has 3 unspecified atom stereocenters. The molecule has 6 nitrogen and oxygen atoms in total. The number of rotatable bonds is 3. The predicted molar refractivity (Wildman–Crippen MR) is 75.4 cm³/mol. The average molecular weight is 416 g/mol. The second-order valence-electron chi connectivity index (χ2n) is 6.83. The lowest BCUT2D eigenvalue weighted by Crippen LogP contribution is -2.90. The van der Waals surface area contributed by atoms with E-state index >= 15 is 0 Å². The van der Waals surface area contributed by atoms with E-state index in [0.29, 0.717) is 5.56 Å². The Labute approximate surface area is 153 Å². The van der Waals surface area contributed by atoms with E-state index in [1.807, 2.05) is 0 Å². The summed E-state index contributed by atoms with van der Waals surface area (Å²) < 4.78 is 101. The lowest BCUT2D eigenvalue weighted by atomic mass is 9.65. The fraction of sp³-hybridized carbons (Fsp3) is 0.625. The summed E-state index contributed by atoms with van der Waals surface area (Å²) in [5, 5.41) is 20.6. The molecule has 7 atom stereocenters. The lowest BCUT2D eigenvalue weighted by molar-refractivity contribution is -0.561. The molecule has 0 aromatic heterocycles. The van der Waals surface area contributed by atoms with Crippen molar-refractivity contribution in [1.29, 1.82) is 0 Å². The van der Waals surface area contributed by atoms with Crippen LogP contribution in [0, 0.1) is 0 Å². The van der Waals surface area contributed by atoms with Crippen molar-refractivity contribution in [2.45, 2.75) is 61.1 Å². The van der Waals surface area contributed by atoms with Gasteiger partial charge in [-0.25, -0.2) is 0 Å². The molecular weight excluding hydrogens is 402 g/mol. The molecule has 0 amide bonds. The van der Waals surface area contributed by atoms with Gasteiger partial charge in [0, 0.05) is 0 Å². The average Bonchev–Trinajstić information content (AvgIpc) is 2.60. The van der Waals surface area contributed by atoms with Gasteiger partial charge in [0.1, 0.15) is 24.4 Å². The van der Waals surface area contributed by atoms with Crippen LogP contribution in [0.4, 0.5) is 26.3 Å². The van der Waals surface area contributed by atoms with Crippen LogP contribution in [0.15, 0.2) is 30.3 Å². The molecule has 4 aliphatic rings. The molecule has 3 aliphatic heterocycles. The normalized spacial score (nSPS) is 42.8. The second kappa shape index (κ2) is 6.03. The van der Waals surface area contributed by atoms with E-state index in [-0.39, 0.29) is 0 Å². The molecule has 0 spiro atoms. The molecule has 5 rings (SSSR count). The van der Waals surface area contributed by atoms with Gasteiger partial charge in [-0.15, -0.1) is 0 Å². The zero-order valence-electron chi connectivity index (χ0n) is 13.8. The minimum Gasteiger partial charge on any atom is -0.376 e. The first kappa shape index (κ1) is 19.9. The number of ether oxygens (including phenoxy) is 4. The van der Waals surface area contributed by atoms with Crippen LogP contribution in [0.2, 0.25) is 0 Å². The first-order valence-corrected chi connectivity index (χ1v) is 8.11. The van der Waals surface area contributed by atoms with Gasteiger partial charge in [-0.1, -0.05) is 30.3 Å². The number of hydrogen-bond donors (Lipinski definition) is 2. The number of aliphatic hydroxyl groups is 2. The molecule has 28 heavy (non-hydrogen) atoms. The smallest absolute Gasteiger partial charge is 0.376 e. The van der Waals surface area contributed by atoms with Gasteiger partial charge in [-0.2, -0.15) is 26.3 Å². The molecule has 2 N–H and O–H groups in total. The fourth-order valence-corrected chi connectivity index (χ4v) is 3.87. The van der Waals surface area contributed by atoms with E-state index in [9.17, 15) is 36.6 Å². The van der Waals surface area contributed by atoms with Crippen molar-refractivity contribution in [3.05, 3.63) is 35.9 Å². The maximum atomic E-state index is 13.7. The van der Waals surface area contributed by atoms with Gasteiger partial charge in [-0.3, -0.25) is 0 Å². The van der Waals surface area contributed by atoms with Gasteiger partial charge in [0.25, 0.3) is 6.48 Å². The van der Waals surface area contributed by atoms with Crippen LogP contribution >= 0.6 is 0 Å². The summed E-state index contributed by atoms with van der Waals surface area (Å²) in [7, 11) is 0. The zero-order chi connectivity index (χ0) is 20.5. The highest BCUT2D eigenvalue weighted by Gasteiger charge is 2.87. The molecule has 12 heteroatoms. The van der Waals surface area contributed by atoms with E-state index in [0.717, 1.165) is 0 Å². The van der Waals surface area contributed by atoms with Gasteiger partial charge >= 0.3 is 12.4 Å². The Morgan fingerprint density at radius 1 is 0.857 bits per heavy atom. The highest BCUT2D eigenvalue weighted by Crippen LogP contribution is 2.59. The first-order valence-electron chi connectivity index (χ1n) is 8.11. The van der Waals surface area contributed by atoms with Crippen molar-refractivity contribution in [2.24, 2.45) is 0 Å². The van der Waals surface area contributed by atoms with Crippen LogP contribution < -0.4 is 0 Å². The van der Waals surface area contributed by atoms with Gasteiger partial charge < -0.3 is 29.2 Å². The Hall–Kier alpha value is -1.44. The molecular formula is C16H14F6O6. The highest BCUT2D eigenvalue weighted by atomic mass is 19.4. The lowest BCUT2D eigenvalue weighted by Gasteiger charge is -2.65. The molecule has 3 heterocycles. The number of alkyl halides is 6. The zero-order valence-corrected chi connectivity index (χ0v) is 13.8. The van der Waals surface area contributed by atoms with Gasteiger partial charge in [0.05, 0.1) is 6.61 Å². The van der Waals surface area contributed by atoms with E-state index < -0.39 is 61.1 Å². The summed E-state index contributed by atoms with van der Waals surface area (Å²) in [6.07, 6.45) is -21.0. The molecule has 4 fully saturated rings. The van der Waals surface area contributed by atoms with Crippen LogP contribution in [0.25, 0.3) is 0 Å². The molecule has 1 saturated carbocycles.